The van der Waals surface area contributed by atoms with Gasteiger partial charge in [0.05, 0.1) is 13.2 Å². The van der Waals surface area contributed by atoms with E-state index in [-0.39, 0.29) is 66.7 Å². The van der Waals surface area contributed by atoms with Crippen molar-refractivity contribution in [2.75, 3.05) is 13.2 Å². The third-order valence-corrected chi connectivity index (χ3v) is 0.1000. The molecule has 4 heteroatoms. The Hall–Kier alpha value is 1.65. The summed E-state index contributed by atoms with van der Waals surface area (Å²) in [4.78, 5) is 0. The second-order valence-corrected chi connectivity index (χ2v) is 0.447. The number of aliphatic hydroxyl groups excluding tert-OH is 2. The average molecular weight is 212 g/mol. The summed E-state index contributed by atoms with van der Waals surface area (Å²) in [5.41, 5.74) is 0. The van der Waals surface area contributed by atoms with Crippen LogP contribution in [0.2, 0.25) is 0 Å². The van der Waals surface area contributed by atoms with Crippen molar-refractivity contribution >= 4 is 0 Å². The molecule has 0 aliphatic heterocycles. The Morgan fingerprint density at radius 3 is 1.17 bits per heavy atom. The molecular weight excluding hydrogens is 206 g/mol. The van der Waals surface area contributed by atoms with Crippen molar-refractivity contribution in [1.82, 2.24) is 0 Å². The fraction of sp³-hybridized carbons (Fsp3) is 1.00. The minimum atomic E-state index is -0.125. The molecule has 0 saturated carbocycles. The molecule has 0 bridgehead atoms. The summed E-state index contributed by atoms with van der Waals surface area (Å²) in [5.74, 6) is 0. The molecule has 0 atom stereocenters. The van der Waals surface area contributed by atoms with Crippen LogP contribution in [0.15, 0.2) is 0 Å². The van der Waals surface area contributed by atoms with Crippen molar-refractivity contribution in [1.29, 1.82) is 0 Å². The van der Waals surface area contributed by atoms with Crippen LogP contribution in [-0.2, 0) is 0 Å². The Morgan fingerprint density at radius 2 is 1.17 bits per heavy atom. The smallest absolute Gasteiger partial charge is 1.00 e. The Kier molecular flexibility index (Phi) is 41.6. The Morgan fingerprint density at radius 1 is 1.00 bits per heavy atom. The van der Waals surface area contributed by atoms with E-state index in [1.165, 1.54) is 0 Å². The van der Waals surface area contributed by atoms with Crippen LogP contribution in [-0.4, -0.2) is 23.4 Å². The molecule has 6 heavy (non-hydrogen) atoms. The topological polar surface area (TPSA) is 40.5 Å². The van der Waals surface area contributed by atoms with E-state index < -0.39 is 0 Å². The molecule has 0 aromatic rings. The van der Waals surface area contributed by atoms with Crippen molar-refractivity contribution < 1.29 is 63.7 Å². The van der Waals surface area contributed by atoms with Gasteiger partial charge in [-0.25, -0.2) is 0 Å². The number of hydrogen-bond donors (Lipinski definition) is 2. The van der Waals surface area contributed by atoms with E-state index in [2.05, 4.69) is 0 Å². The second-order valence-electron chi connectivity index (χ2n) is 0.447. The molecule has 0 aliphatic carbocycles. The summed E-state index contributed by atoms with van der Waals surface area (Å²) in [6, 6.07) is 0. The van der Waals surface area contributed by atoms with Crippen LogP contribution < -0.4 is 53.5 Å². The zero-order valence-electron chi connectivity index (χ0n) is 3.69. The first kappa shape index (κ1) is 15.6. The van der Waals surface area contributed by atoms with E-state index in [0.29, 0.717) is 0 Å². The molecule has 34 valence electrons. The van der Waals surface area contributed by atoms with Crippen LogP contribution >= 0.6 is 0 Å². The van der Waals surface area contributed by atoms with E-state index in [0.717, 1.165) is 0 Å². The Labute approximate surface area is 76.2 Å². The van der Waals surface area contributed by atoms with Crippen LogP contribution in [0.4, 0.5) is 0 Å². The van der Waals surface area contributed by atoms with Crippen molar-refractivity contribution in [3.63, 3.8) is 0 Å². The molecule has 0 amide bonds. The fourth-order valence-corrected chi connectivity index (χ4v) is 0. The van der Waals surface area contributed by atoms with Gasteiger partial charge in [0.15, 0.2) is 0 Å². The normalized spacial score (nSPS) is 5.00. The van der Waals surface area contributed by atoms with Crippen molar-refractivity contribution in [2.45, 2.75) is 0 Å². The van der Waals surface area contributed by atoms with Gasteiger partial charge in [-0.3, -0.25) is 0 Å². The summed E-state index contributed by atoms with van der Waals surface area (Å²) in [7, 11) is 0. The summed E-state index contributed by atoms with van der Waals surface area (Å²) in [6.45, 7) is -0.250. The number of rotatable bonds is 1. The monoisotopic (exact) mass is 212 g/mol. The predicted octanol–water partition coefficient (Wildman–Crippen LogP) is -7.02. The SMILES string of the molecule is OCCO.[I-].[Na+]. The van der Waals surface area contributed by atoms with Crippen molar-refractivity contribution in [3.05, 3.63) is 0 Å². The molecule has 0 rings (SSSR count). The van der Waals surface area contributed by atoms with E-state index in [1.54, 1.807) is 0 Å². The molecule has 0 heterocycles. The summed E-state index contributed by atoms with van der Waals surface area (Å²) in [6.07, 6.45) is 0. The van der Waals surface area contributed by atoms with Crippen LogP contribution in [0, 0.1) is 0 Å². The van der Waals surface area contributed by atoms with Crippen LogP contribution in [0.5, 0.6) is 0 Å². The minimum absolute atomic E-state index is 0. The van der Waals surface area contributed by atoms with Crippen LogP contribution in [0.25, 0.3) is 0 Å². The zero-order chi connectivity index (χ0) is 3.41. The number of aliphatic hydroxyl groups is 2. The van der Waals surface area contributed by atoms with Crippen LogP contribution in [0.3, 0.4) is 0 Å². The zero-order valence-corrected chi connectivity index (χ0v) is 7.84. The third kappa shape index (κ3) is 17.4. The summed E-state index contributed by atoms with van der Waals surface area (Å²) < 4.78 is 0. The largest absolute Gasteiger partial charge is 1.00 e. The first-order valence-electron chi connectivity index (χ1n) is 1.13. The third-order valence-electron chi connectivity index (χ3n) is 0.1000. The maximum absolute atomic E-state index is 7.62. The Balaban J connectivity index is -0.0000000450. The quantitative estimate of drug-likeness (QED) is 0.335. The van der Waals surface area contributed by atoms with Gasteiger partial charge in [0, 0.05) is 0 Å². The maximum Gasteiger partial charge on any atom is 1.00 e. The minimum Gasteiger partial charge on any atom is -1.00 e. The average Bonchev–Trinajstić information content (AvgIpc) is 1.37. The van der Waals surface area contributed by atoms with Crippen LogP contribution in [0.1, 0.15) is 0 Å². The van der Waals surface area contributed by atoms with E-state index in [1.807, 2.05) is 0 Å². The molecule has 0 radical (unpaired) electrons. The first-order chi connectivity index (χ1) is 1.91. The fourth-order valence-electron chi connectivity index (χ4n) is 0. The summed E-state index contributed by atoms with van der Waals surface area (Å²) in [5, 5.41) is 15.2. The standard InChI is InChI=1S/C2H6O2.HI.Na/c3-1-2-4;;/h3-4H,1-2H2;1H;/q;;+1/p-1. The molecule has 0 aromatic heterocycles. The molecule has 2 N–H and O–H groups in total. The number of halogens is 1. The van der Waals surface area contributed by atoms with Gasteiger partial charge in [0.2, 0.25) is 0 Å². The van der Waals surface area contributed by atoms with Gasteiger partial charge in [-0.1, -0.05) is 0 Å². The molecule has 0 aromatic carbocycles. The molecular formula is C2H6INaO2. The maximum atomic E-state index is 7.62. The van der Waals surface area contributed by atoms with Gasteiger partial charge < -0.3 is 34.2 Å². The first-order valence-corrected chi connectivity index (χ1v) is 1.13. The van der Waals surface area contributed by atoms with Gasteiger partial charge in [-0.05, 0) is 0 Å². The van der Waals surface area contributed by atoms with Gasteiger partial charge >= 0.3 is 29.6 Å². The predicted molar refractivity (Wildman–Crippen MR) is 14.2 cm³/mol. The second kappa shape index (κ2) is 15.9. The molecule has 0 saturated heterocycles. The molecule has 0 unspecified atom stereocenters. The molecule has 0 fully saturated rings. The van der Waals surface area contributed by atoms with E-state index in [9.17, 15) is 0 Å². The van der Waals surface area contributed by atoms with Gasteiger partial charge in [-0.2, -0.15) is 0 Å². The number of hydrogen-bond acceptors (Lipinski definition) is 2. The van der Waals surface area contributed by atoms with Gasteiger partial charge in [-0.15, -0.1) is 0 Å². The van der Waals surface area contributed by atoms with Crippen molar-refractivity contribution in [3.8, 4) is 0 Å². The van der Waals surface area contributed by atoms with Gasteiger partial charge in [0.25, 0.3) is 0 Å². The molecule has 2 nitrogen and oxygen atoms in total. The van der Waals surface area contributed by atoms with E-state index in [4.69, 9.17) is 10.2 Å². The summed E-state index contributed by atoms with van der Waals surface area (Å²) >= 11 is 0. The van der Waals surface area contributed by atoms with Crippen molar-refractivity contribution in [2.24, 2.45) is 0 Å². The molecule has 0 spiro atoms. The van der Waals surface area contributed by atoms with E-state index >= 15 is 0 Å². The van der Waals surface area contributed by atoms with Gasteiger partial charge in [0.1, 0.15) is 0 Å². The molecule has 0 aliphatic rings. The Bertz CT molecular complexity index is 13.5.